The Hall–Kier alpha value is -1.62. The fraction of sp³-hybridized carbons (Fsp3) is 0.462. The summed E-state index contributed by atoms with van der Waals surface area (Å²) in [7, 11) is 0. The number of amides is 1. The van der Waals surface area contributed by atoms with E-state index in [4.69, 9.17) is 9.84 Å². The van der Waals surface area contributed by atoms with Gasteiger partial charge in [-0.25, -0.2) is 4.39 Å². The second kappa shape index (κ2) is 4.24. The van der Waals surface area contributed by atoms with Crippen LogP contribution in [0.5, 0.6) is 5.75 Å². The van der Waals surface area contributed by atoms with E-state index in [9.17, 15) is 9.18 Å². The number of phenols is 1. The minimum absolute atomic E-state index is 0.0237. The van der Waals surface area contributed by atoms with Crippen molar-refractivity contribution in [3.05, 3.63) is 29.6 Å². The summed E-state index contributed by atoms with van der Waals surface area (Å²) in [4.78, 5) is 11.9. The van der Waals surface area contributed by atoms with Crippen LogP contribution in [-0.2, 0) is 4.74 Å². The molecule has 3 rings (SSSR count). The van der Waals surface area contributed by atoms with E-state index in [0.29, 0.717) is 0 Å². The van der Waals surface area contributed by atoms with E-state index < -0.39 is 11.7 Å². The van der Waals surface area contributed by atoms with Crippen LogP contribution in [0.4, 0.5) is 4.39 Å². The van der Waals surface area contributed by atoms with Crippen LogP contribution >= 0.6 is 0 Å². The predicted molar refractivity (Wildman–Crippen MR) is 61.8 cm³/mol. The van der Waals surface area contributed by atoms with Crippen molar-refractivity contribution in [1.29, 1.82) is 0 Å². The summed E-state index contributed by atoms with van der Waals surface area (Å²) in [5.41, 5.74) is -0.0458. The number of hydrogen-bond donors (Lipinski definition) is 2. The van der Waals surface area contributed by atoms with E-state index in [-0.39, 0.29) is 29.6 Å². The number of benzene rings is 1. The molecule has 0 spiro atoms. The Kier molecular flexibility index (Phi) is 2.70. The number of halogens is 1. The number of carbonyl (C=O) groups excluding carboxylic acids is 1. The Morgan fingerprint density at radius 1 is 1.44 bits per heavy atom. The molecule has 18 heavy (non-hydrogen) atoms. The quantitative estimate of drug-likeness (QED) is 0.839. The molecule has 1 amide bonds. The van der Waals surface area contributed by atoms with Gasteiger partial charge in [0, 0.05) is 6.07 Å². The lowest BCUT2D eigenvalue weighted by Gasteiger charge is -2.20. The van der Waals surface area contributed by atoms with Gasteiger partial charge in [-0.3, -0.25) is 4.79 Å². The van der Waals surface area contributed by atoms with Crippen molar-refractivity contribution in [3.8, 4) is 5.75 Å². The van der Waals surface area contributed by atoms with Crippen LogP contribution in [0.15, 0.2) is 18.2 Å². The summed E-state index contributed by atoms with van der Waals surface area (Å²) < 4.78 is 19.1. The Balaban J connectivity index is 1.71. The van der Waals surface area contributed by atoms with E-state index >= 15 is 0 Å². The molecule has 2 aliphatic rings. The van der Waals surface area contributed by atoms with Gasteiger partial charge < -0.3 is 15.2 Å². The minimum Gasteiger partial charge on any atom is -0.508 e. The highest BCUT2D eigenvalue weighted by atomic mass is 19.1. The van der Waals surface area contributed by atoms with Crippen LogP contribution in [0, 0.1) is 5.82 Å². The topological polar surface area (TPSA) is 58.6 Å². The first-order chi connectivity index (χ1) is 8.63. The van der Waals surface area contributed by atoms with Crippen molar-refractivity contribution in [2.24, 2.45) is 0 Å². The first-order valence-corrected chi connectivity index (χ1v) is 6.08. The zero-order chi connectivity index (χ0) is 12.7. The molecule has 1 aromatic rings. The molecule has 0 aromatic heterocycles. The van der Waals surface area contributed by atoms with Gasteiger partial charge in [0.1, 0.15) is 11.6 Å². The van der Waals surface area contributed by atoms with Crippen LogP contribution in [0.3, 0.4) is 0 Å². The summed E-state index contributed by atoms with van der Waals surface area (Å²) in [6, 6.07) is 3.50. The Morgan fingerprint density at radius 3 is 2.89 bits per heavy atom. The largest absolute Gasteiger partial charge is 0.508 e. The van der Waals surface area contributed by atoms with E-state index in [1.54, 1.807) is 0 Å². The normalized spacial score (nSPS) is 29.5. The molecule has 2 aliphatic heterocycles. The lowest BCUT2D eigenvalue weighted by Crippen LogP contribution is -2.41. The van der Waals surface area contributed by atoms with Crippen molar-refractivity contribution in [2.45, 2.75) is 37.5 Å². The molecule has 2 fully saturated rings. The second-order valence-electron chi connectivity index (χ2n) is 4.85. The summed E-state index contributed by atoms with van der Waals surface area (Å²) in [6.07, 6.45) is 3.11. The molecule has 0 saturated carbocycles. The summed E-state index contributed by atoms with van der Waals surface area (Å²) >= 11 is 0. The van der Waals surface area contributed by atoms with Gasteiger partial charge in [-0.1, -0.05) is 0 Å². The third-order valence-corrected chi connectivity index (χ3v) is 3.62. The summed E-state index contributed by atoms with van der Waals surface area (Å²) in [6.45, 7) is 0. The maximum atomic E-state index is 13.5. The zero-order valence-corrected chi connectivity index (χ0v) is 9.73. The fourth-order valence-electron chi connectivity index (χ4n) is 2.72. The van der Waals surface area contributed by atoms with Gasteiger partial charge >= 0.3 is 0 Å². The maximum Gasteiger partial charge on any atom is 0.254 e. The van der Waals surface area contributed by atoms with Crippen LogP contribution < -0.4 is 5.32 Å². The third-order valence-electron chi connectivity index (χ3n) is 3.62. The number of aromatic hydroxyl groups is 1. The average Bonchev–Trinajstić information content (AvgIpc) is 2.90. The smallest absolute Gasteiger partial charge is 0.254 e. The summed E-state index contributed by atoms with van der Waals surface area (Å²) in [5, 5.41) is 11.9. The number of rotatable bonds is 2. The number of phenolic OH excluding ortho intramolecular Hbond substituents is 1. The number of fused-ring (bicyclic) bond motifs is 2. The van der Waals surface area contributed by atoms with Gasteiger partial charge in [-0.2, -0.15) is 0 Å². The SMILES string of the molecule is O=C(NC1CC2CCC1O2)c1ccc(O)cc1F. The molecule has 0 aliphatic carbocycles. The number of hydrogen-bond acceptors (Lipinski definition) is 3. The fourth-order valence-corrected chi connectivity index (χ4v) is 2.72. The Morgan fingerprint density at radius 2 is 2.28 bits per heavy atom. The summed E-state index contributed by atoms with van der Waals surface area (Å²) in [5.74, 6) is -1.35. The monoisotopic (exact) mass is 251 g/mol. The number of nitrogens with one attached hydrogen (secondary N) is 1. The van der Waals surface area contributed by atoms with Crippen molar-refractivity contribution < 1.29 is 19.0 Å². The highest BCUT2D eigenvalue weighted by molar-refractivity contribution is 5.94. The number of ether oxygens (including phenoxy) is 1. The van der Waals surface area contributed by atoms with Crippen molar-refractivity contribution in [1.82, 2.24) is 5.32 Å². The molecular weight excluding hydrogens is 237 g/mol. The molecular formula is C13H14FNO3. The third kappa shape index (κ3) is 1.95. The molecule has 4 nitrogen and oxygen atoms in total. The molecule has 3 atom stereocenters. The molecule has 0 radical (unpaired) electrons. The molecule has 96 valence electrons. The van der Waals surface area contributed by atoms with Crippen molar-refractivity contribution in [3.63, 3.8) is 0 Å². The van der Waals surface area contributed by atoms with E-state index in [2.05, 4.69) is 5.32 Å². The van der Waals surface area contributed by atoms with E-state index in [1.807, 2.05) is 0 Å². The van der Waals surface area contributed by atoms with Gasteiger partial charge in [0.15, 0.2) is 0 Å². The standard InChI is InChI=1S/C13H14FNO3/c14-10-5-7(16)1-3-9(10)13(17)15-11-6-8-2-4-12(11)18-8/h1,3,5,8,11-12,16H,2,4,6H2,(H,15,17). The molecule has 1 aromatic carbocycles. The molecule has 3 unspecified atom stereocenters. The molecule has 2 heterocycles. The van der Waals surface area contributed by atoms with Gasteiger partial charge in [0.2, 0.25) is 0 Å². The zero-order valence-electron chi connectivity index (χ0n) is 9.73. The molecule has 5 heteroatoms. The highest BCUT2D eigenvalue weighted by Gasteiger charge is 2.41. The van der Waals surface area contributed by atoms with Gasteiger partial charge in [-0.05, 0) is 31.4 Å². The molecule has 2 N–H and O–H groups in total. The van der Waals surface area contributed by atoms with Crippen LogP contribution in [0.25, 0.3) is 0 Å². The van der Waals surface area contributed by atoms with Crippen molar-refractivity contribution in [2.75, 3.05) is 0 Å². The Labute approximate surface area is 104 Å². The van der Waals surface area contributed by atoms with E-state index in [0.717, 1.165) is 25.3 Å². The first-order valence-electron chi connectivity index (χ1n) is 6.08. The average molecular weight is 251 g/mol. The maximum absolute atomic E-state index is 13.5. The van der Waals surface area contributed by atoms with Crippen molar-refractivity contribution >= 4 is 5.91 Å². The van der Waals surface area contributed by atoms with Crippen LogP contribution in [0.2, 0.25) is 0 Å². The van der Waals surface area contributed by atoms with Gasteiger partial charge in [0.25, 0.3) is 5.91 Å². The predicted octanol–water partition coefficient (Wildman–Crippen LogP) is 1.58. The van der Waals surface area contributed by atoms with E-state index in [1.165, 1.54) is 12.1 Å². The second-order valence-corrected chi connectivity index (χ2v) is 4.85. The van der Waals surface area contributed by atoms with Crippen LogP contribution in [0.1, 0.15) is 29.6 Å². The lowest BCUT2D eigenvalue weighted by molar-refractivity contribution is 0.0838. The lowest BCUT2D eigenvalue weighted by atomic mass is 9.95. The first kappa shape index (κ1) is 11.5. The van der Waals surface area contributed by atoms with Gasteiger partial charge in [0.05, 0.1) is 23.8 Å². The minimum atomic E-state index is -0.712. The number of carbonyl (C=O) groups is 1. The Bertz CT molecular complexity index is 491. The molecule has 2 bridgehead atoms. The van der Waals surface area contributed by atoms with Crippen LogP contribution in [-0.4, -0.2) is 29.3 Å². The highest BCUT2D eigenvalue weighted by Crippen LogP contribution is 2.34. The molecule has 2 saturated heterocycles. The van der Waals surface area contributed by atoms with Gasteiger partial charge in [-0.15, -0.1) is 0 Å².